The van der Waals surface area contributed by atoms with Crippen LogP contribution >= 0.6 is 0 Å². The summed E-state index contributed by atoms with van der Waals surface area (Å²) in [5.74, 6) is -0.488. The highest BCUT2D eigenvalue weighted by Crippen LogP contribution is 2.25. The van der Waals surface area contributed by atoms with Gasteiger partial charge in [-0.2, -0.15) is 0 Å². The molecule has 7 heteroatoms. The number of nitrogens with two attached hydrogens (primary N) is 1. The van der Waals surface area contributed by atoms with Crippen molar-refractivity contribution >= 4 is 17.7 Å². The summed E-state index contributed by atoms with van der Waals surface area (Å²) in [4.78, 5) is 34.5. The summed E-state index contributed by atoms with van der Waals surface area (Å²) in [5.41, 5.74) is 8.92. The van der Waals surface area contributed by atoms with Crippen LogP contribution in [-0.2, 0) is 29.0 Å². The number of fused-ring (bicyclic) bond motifs is 1. The summed E-state index contributed by atoms with van der Waals surface area (Å²) in [6.45, 7) is 0.0722. The van der Waals surface area contributed by atoms with Crippen LogP contribution in [0.5, 0.6) is 5.75 Å². The molecular weight excluding hydrogens is 358 g/mol. The molecule has 1 aliphatic rings. The van der Waals surface area contributed by atoms with E-state index in [0.717, 1.165) is 18.4 Å². The van der Waals surface area contributed by atoms with E-state index in [1.807, 2.05) is 12.1 Å². The first-order valence-corrected chi connectivity index (χ1v) is 9.18. The van der Waals surface area contributed by atoms with E-state index in [1.165, 1.54) is 17.5 Å². The van der Waals surface area contributed by atoms with Gasteiger partial charge in [0.25, 0.3) is 11.8 Å². The van der Waals surface area contributed by atoms with E-state index < -0.39 is 5.91 Å². The molecule has 0 bridgehead atoms. The van der Waals surface area contributed by atoms with Crippen LogP contribution in [0, 0.1) is 0 Å². The van der Waals surface area contributed by atoms with Crippen LogP contribution in [0.25, 0.3) is 0 Å². The minimum Gasteiger partial charge on any atom is -0.484 e. The second-order valence-electron chi connectivity index (χ2n) is 6.70. The van der Waals surface area contributed by atoms with Crippen LogP contribution in [-0.4, -0.2) is 30.9 Å². The van der Waals surface area contributed by atoms with Crippen LogP contribution in [0.3, 0.4) is 0 Å². The van der Waals surface area contributed by atoms with E-state index in [1.54, 1.807) is 24.3 Å². The summed E-state index contributed by atoms with van der Waals surface area (Å²) >= 11 is 0. The number of rotatable bonds is 8. The predicted octanol–water partition coefficient (Wildman–Crippen LogP) is 1.09. The Morgan fingerprint density at radius 3 is 2.46 bits per heavy atom. The average molecular weight is 381 g/mol. The van der Waals surface area contributed by atoms with Gasteiger partial charge >= 0.3 is 0 Å². The van der Waals surface area contributed by atoms with Crippen LogP contribution in [0.2, 0.25) is 0 Å². The van der Waals surface area contributed by atoms with Crippen LogP contribution in [0.15, 0.2) is 42.5 Å². The Balaban J connectivity index is 1.43. The van der Waals surface area contributed by atoms with Gasteiger partial charge in [-0.15, -0.1) is 0 Å². The van der Waals surface area contributed by atoms with Crippen molar-refractivity contribution in [3.05, 3.63) is 64.7 Å². The van der Waals surface area contributed by atoms with E-state index >= 15 is 0 Å². The largest absolute Gasteiger partial charge is 0.484 e. The van der Waals surface area contributed by atoms with Crippen molar-refractivity contribution in [2.75, 3.05) is 13.2 Å². The van der Waals surface area contributed by atoms with Crippen LogP contribution in [0.1, 0.15) is 33.5 Å². The number of hydrogen-bond donors (Lipinski definition) is 3. The van der Waals surface area contributed by atoms with Crippen molar-refractivity contribution in [1.82, 2.24) is 10.6 Å². The van der Waals surface area contributed by atoms with Crippen molar-refractivity contribution in [2.45, 2.75) is 25.8 Å². The summed E-state index contributed by atoms with van der Waals surface area (Å²) in [6.07, 6.45) is 3.35. The lowest BCUT2D eigenvalue weighted by molar-refractivity contribution is -0.123. The van der Waals surface area contributed by atoms with E-state index in [2.05, 4.69) is 16.7 Å². The molecule has 0 aromatic heterocycles. The van der Waals surface area contributed by atoms with Gasteiger partial charge < -0.3 is 21.1 Å². The van der Waals surface area contributed by atoms with Crippen molar-refractivity contribution < 1.29 is 19.1 Å². The molecule has 0 unspecified atom stereocenters. The highest BCUT2D eigenvalue weighted by molar-refractivity contribution is 5.96. The van der Waals surface area contributed by atoms with Gasteiger partial charge in [-0.3, -0.25) is 14.4 Å². The maximum Gasteiger partial charge on any atom is 0.258 e. The van der Waals surface area contributed by atoms with E-state index in [0.29, 0.717) is 17.9 Å². The number of amides is 3. The topological polar surface area (TPSA) is 111 Å². The minimum absolute atomic E-state index is 0.0492. The molecule has 2 aromatic rings. The Kier molecular flexibility index (Phi) is 6.26. The third-order valence-electron chi connectivity index (χ3n) is 4.57. The molecule has 4 N–H and O–H groups in total. The maximum absolute atomic E-state index is 12.0. The number of nitrogens with one attached hydrogen (secondary N) is 2. The maximum atomic E-state index is 12.0. The van der Waals surface area contributed by atoms with Gasteiger partial charge in [0.05, 0.1) is 6.54 Å². The van der Waals surface area contributed by atoms with Gasteiger partial charge in [0.15, 0.2) is 6.61 Å². The number of hydrogen-bond acceptors (Lipinski definition) is 4. The van der Waals surface area contributed by atoms with Crippen molar-refractivity contribution in [1.29, 1.82) is 0 Å². The first-order chi connectivity index (χ1) is 13.5. The Morgan fingerprint density at radius 1 is 0.964 bits per heavy atom. The minimum atomic E-state index is -0.602. The zero-order valence-corrected chi connectivity index (χ0v) is 15.5. The molecule has 2 aromatic carbocycles. The molecule has 0 spiro atoms. The molecule has 7 nitrogen and oxygen atoms in total. The number of benzene rings is 2. The van der Waals surface area contributed by atoms with Crippen LogP contribution < -0.4 is 21.1 Å². The lowest BCUT2D eigenvalue weighted by Gasteiger charge is -2.09. The first kappa shape index (κ1) is 19.4. The molecule has 0 saturated carbocycles. The fourth-order valence-electron chi connectivity index (χ4n) is 3.08. The van der Waals surface area contributed by atoms with Gasteiger partial charge in [-0.25, -0.2) is 0 Å². The third-order valence-corrected chi connectivity index (χ3v) is 4.57. The number of carbonyl (C=O) groups excluding carboxylic acids is 3. The molecule has 28 heavy (non-hydrogen) atoms. The average Bonchev–Trinajstić information content (AvgIpc) is 3.17. The van der Waals surface area contributed by atoms with Crippen molar-refractivity contribution in [3.8, 4) is 5.75 Å². The summed E-state index contributed by atoms with van der Waals surface area (Å²) in [5, 5.41) is 5.20. The van der Waals surface area contributed by atoms with Gasteiger partial charge in [0.2, 0.25) is 5.91 Å². The second-order valence-corrected chi connectivity index (χ2v) is 6.70. The SMILES string of the molecule is NC(=O)CNC(=O)c1ccc(CNC(=O)COc2ccc3c(c2)CCC3)cc1. The number of aryl methyl sites for hydroxylation is 2. The Hall–Kier alpha value is -3.35. The summed E-state index contributed by atoms with van der Waals surface area (Å²) in [6, 6.07) is 12.7. The lowest BCUT2D eigenvalue weighted by atomic mass is 10.1. The highest BCUT2D eigenvalue weighted by Gasteiger charge is 2.12. The molecule has 146 valence electrons. The fraction of sp³-hybridized carbons (Fsp3) is 0.286. The van der Waals surface area contributed by atoms with Crippen LogP contribution in [0.4, 0.5) is 0 Å². The molecule has 0 atom stereocenters. The molecule has 3 rings (SSSR count). The number of carbonyl (C=O) groups is 3. The number of ether oxygens (including phenoxy) is 1. The molecule has 0 aliphatic heterocycles. The molecule has 0 heterocycles. The lowest BCUT2D eigenvalue weighted by Crippen LogP contribution is -2.33. The van der Waals surface area contributed by atoms with Gasteiger partial charge in [-0.05, 0) is 60.2 Å². The first-order valence-electron chi connectivity index (χ1n) is 9.18. The zero-order chi connectivity index (χ0) is 19.9. The second kappa shape index (κ2) is 9.03. The van der Waals surface area contributed by atoms with Gasteiger partial charge in [0, 0.05) is 12.1 Å². The fourth-order valence-corrected chi connectivity index (χ4v) is 3.08. The van der Waals surface area contributed by atoms with E-state index in [9.17, 15) is 14.4 Å². The molecule has 0 saturated heterocycles. The molecule has 1 aliphatic carbocycles. The smallest absolute Gasteiger partial charge is 0.258 e. The molecular formula is C21H23N3O4. The van der Waals surface area contributed by atoms with E-state index in [4.69, 9.17) is 10.5 Å². The van der Waals surface area contributed by atoms with Gasteiger partial charge in [-0.1, -0.05) is 18.2 Å². The molecule has 3 amide bonds. The molecule has 0 fully saturated rings. The number of primary amides is 1. The van der Waals surface area contributed by atoms with E-state index in [-0.39, 0.29) is 25.0 Å². The monoisotopic (exact) mass is 381 g/mol. The zero-order valence-electron chi connectivity index (χ0n) is 15.5. The molecule has 0 radical (unpaired) electrons. The highest BCUT2D eigenvalue weighted by atomic mass is 16.5. The quantitative estimate of drug-likeness (QED) is 0.635. The Labute approximate surface area is 163 Å². The predicted molar refractivity (Wildman–Crippen MR) is 104 cm³/mol. The standard InChI is InChI=1S/C21H23N3O4/c22-19(25)12-24-21(27)16-6-4-14(5-7-16)11-23-20(26)13-28-18-9-8-15-2-1-3-17(15)10-18/h4-10H,1-3,11-13H2,(H2,22,25)(H,23,26)(H,24,27). The summed E-state index contributed by atoms with van der Waals surface area (Å²) in [7, 11) is 0. The van der Waals surface area contributed by atoms with Crippen molar-refractivity contribution in [3.63, 3.8) is 0 Å². The Morgan fingerprint density at radius 2 is 1.71 bits per heavy atom. The summed E-state index contributed by atoms with van der Waals surface area (Å²) < 4.78 is 5.58. The Bertz CT molecular complexity index is 878. The normalized spacial score (nSPS) is 12.1. The van der Waals surface area contributed by atoms with Crippen molar-refractivity contribution in [2.24, 2.45) is 5.73 Å². The van der Waals surface area contributed by atoms with Gasteiger partial charge in [0.1, 0.15) is 5.75 Å². The third kappa shape index (κ3) is 5.33.